The average molecular weight is 765 g/mol. The Bertz CT molecular complexity index is 1340. The van der Waals surface area contributed by atoms with Gasteiger partial charge in [-0.05, 0) is 95.6 Å². The summed E-state index contributed by atoms with van der Waals surface area (Å²) in [5, 5.41) is 32.7. The summed E-state index contributed by atoms with van der Waals surface area (Å²) >= 11 is 0. The number of carbonyl (C=O) groups excluding carboxylic acids is 1. The van der Waals surface area contributed by atoms with E-state index >= 15 is 0 Å². The van der Waals surface area contributed by atoms with Gasteiger partial charge in [0.25, 0.3) is 0 Å². The van der Waals surface area contributed by atoms with Crippen LogP contribution in [-0.4, -0.2) is 99.7 Å². The number of ether oxygens (including phenoxy) is 6. The number of carboxylic acid groups (broad SMARTS) is 1. The van der Waals surface area contributed by atoms with Crippen LogP contribution in [0.4, 0.5) is 0 Å². The third-order valence-electron chi connectivity index (χ3n) is 14.7. The molecule has 54 heavy (non-hydrogen) atoms. The molecular weight excluding hydrogens is 692 g/mol. The van der Waals surface area contributed by atoms with Crippen molar-refractivity contribution >= 4 is 11.8 Å². The van der Waals surface area contributed by atoms with Gasteiger partial charge >= 0.3 is 5.97 Å². The number of methoxy groups -OCH3 is 1. The molecule has 2 spiro atoms. The smallest absolute Gasteiger partial charge is 0.309 e. The number of ketones is 1. The number of rotatable bonds is 13. The summed E-state index contributed by atoms with van der Waals surface area (Å²) in [6, 6.07) is 0. The van der Waals surface area contributed by atoms with Gasteiger partial charge in [0.1, 0.15) is 11.9 Å². The Labute approximate surface area is 324 Å². The van der Waals surface area contributed by atoms with Gasteiger partial charge in [-0.1, -0.05) is 55.4 Å². The zero-order valence-corrected chi connectivity index (χ0v) is 34.9. The lowest BCUT2D eigenvalue weighted by atomic mass is 9.72. The number of aliphatic carboxylic acids is 1. The fraction of sp³-hybridized carbons (Fsp3) is 0.907. The molecule has 310 valence electrons. The summed E-state index contributed by atoms with van der Waals surface area (Å²) in [5.41, 5.74) is -1.49. The Morgan fingerprint density at radius 2 is 1.59 bits per heavy atom. The maximum atomic E-state index is 14.5. The first-order valence-electron chi connectivity index (χ1n) is 21.1. The van der Waals surface area contributed by atoms with E-state index in [1.807, 2.05) is 46.8 Å². The van der Waals surface area contributed by atoms with E-state index < -0.39 is 70.9 Å². The molecule has 4 saturated heterocycles. The molecule has 11 nitrogen and oxygen atoms in total. The number of hydrogen-bond donors (Lipinski definition) is 3. The third-order valence-corrected chi connectivity index (χ3v) is 14.7. The van der Waals surface area contributed by atoms with Crippen molar-refractivity contribution in [3.8, 4) is 0 Å². The van der Waals surface area contributed by atoms with Gasteiger partial charge in [-0.15, -0.1) is 0 Å². The van der Waals surface area contributed by atoms with Crippen molar-refractivity contribution < 1.29 is 53.3 Å². The molecule has 18 atom stereocenters. The Kier molecular flexibility index (Phi) is 13.6. The van der Waals surface area contributed by atoms with Crippen molar-refractivity contribution in [3.63, 3.8) is 0 Å². The number of Topliss-reactive ketones (excluding diaryl/α,β-unsaturated/α-hetero) is 1. The van der Waals surface area contributed by atoms with Crippen molar-refractivity contribution in [2.75, 3.05) is 7.11 Å². The third kappa shape index (κ3) is 8.00. The largest absolute Gasteiger partial charge is 0.481 e. The molecule has 5 heterocycles. The monoisotopic (exact) mass is 765 g/mol. The molecule has 0 radical (unpaired) electrons. The van der Waals surface area contributed by atoms with E-state index in [9.17, 15) is 24.9 Å². The SMILES string of the molecule is CC[C@@H](C(=O)[C@@H](C)[C@@H](O)[C@H](C)[C@@H]1O[C@@H]([C@@H](CC)C(=O)O)CC[C@@H]1C)[C@H]1O[C@@]2(O[C@]3(C=C[C@@H]2OC)CC[C@@](C)([C@H]2CC[C@](O)(CC)[C@H](C)O2)O3)[C@H](C)C[C@@H]1C. The van der Waals surface area contributed by atoms with Gasteiger partial charge in [0, 0.05) is 37.2 Å². The highest BCUT2D eigenvalue weighted by Gasteiger charge is 2.63. The van der Waals surface area contributed by atoms with Crippen LogP contribution < -0.4 is 0 Å². The Balaban J connectivity index is 1.33. The molecule has 0 aromatic carbocycles. The van der Waals surface area contributed by atoms with Gasteiger partial charge in [0.05, 0.1) is 53.7 Å². The first-order valence-corrected chi connectivity index (χ1v) is 21.1. The molecule has 0 aliphatic carbocycles. The molecule has 0 aromatic rings. The molecule has 0 aromatic heterocycles. The summed E-state index contributed by atoms with van der Waals surface area (Å²) in [4.78, 5) is 26.5. The fourth-order valence-corrected chi connectivity index (χ4v) is 10.8. The Morgan fingerprint density at radius 1 is 0.907 bits per heavy atom. The summed E-state index contributed by atoms with van der Waals surface area (Å²) in [6.45, 7) is 19.9. The first-order chi connectivity index (χ1) is 25.3. The van der Waals surface area contributed by atoms with Gasteiger partial charge in [-0.2, -0.15) is 0 Å². The maximum Gasteiger partial charge on any atom is 0.309 e. The van der Waals surface area contributed by atoms with E-state index in [2.05, 4.69) is 27.7 Å². The van der Waals surface area contributed by atoms with Gasteiger partial charge in [-0.3, -0.25) is 9.59 Å². The minimum absolute atomic E-state index is 0.0258. The van der Waals surface area contributed by atoms with Crippen molar-refractivity contribution in [1.82, 2.24) is 0 Å². The predicted molar refractivity (Wildman–Crippen MR) is 203 cm³/mol. The standard InChI is InChI=1S/C43H72O11/c1-12-30(39(46)47)32-16-15-24(4)37(51-32)28(8)35(44)27(7)36(45)31(13-2)38-25(5)23-26(6)43(52-38)34(49-11)18-20-42(54-43)22-21-40(10,53-42)33-17-19-41(48,14-3)29(9)50-33/h18,20,24-35,37-38,44,48H,12-17,19,21-23H2,1-11H3,(H,46,47)/t24-,25-,26+,27-,28-,29-,30+,31-,32+,33+,34-,35+,37+,38-,40-,41+,42+,43+/m0/s1. The molecular formula is C43H72O11. The van der Waals surface area contributed by atoms with Crippen LogP contribution in [0.25, 0.3) is 0 Å². The van der Waals surface area contributed by atoms with E-state index in [0.29, 0.717) is 51.4 Å². The molecule has 11 heteroatoms. The predicted octanol–water partition coefficient (Wildman–Crippen LogP) is 6.84. The number of aliphatic hydroxyl groups excluding tert-OH is 1. The van der Waals surface area contributed by atoms with Crippen LogP contribution in [0, 0.1) is 41.4 Å². The van der Waals surface area contributed by atoms with E-state index in [1.54, 1.807) is 14.0 Å². The number of aliphatic hydroxyl groups is 2. The number of hydrogen-bond acceptors (Lipinski definition) is 10. The van der Waals surface area contributed by atoms with E-state index in [4.69, 9.17) is 28.4 Å². The number of carboxylic acids is 1. The summed E-state index contributed by atoms with van der Waals surface area (Å²) in [5.74, 6) is -5.38. The zero-order valence-electron chi connectivity index (χ0n) is 34.9. The van der Waals surface area contributed by atoms with Crippen molar-refractivity contribution in [1.29, 1.82) is 0 Å². The zero-order chi connectivity index (χ0) is 40.0. The summed E-state index contributed by atoms with van der Waals surface area (Å²) in [7, 11) is 1.65. The van der Waals surface area contributed by atoms with E-state index in [1.165, 1.54) is 0 Å². The normalized spacial score (nSPS) is 45.5. The Morgan fingerprint density at radius 3 is 2.19 bits per heavy atom. The van der Waals surface area contributed by atoms with Crippen LogP contribution in [0.3, 0.4) is 0 Å². The first kappa shape index (κ1) is 43.7. The second-order valence-electron chi connectivity index (χ2n) is 18.1. The molecule has 0 saturated carbocycles. The van der Waals surface area contributed by atoms with Crippen LogP contribution in [-0.2, 0) is 38.0 Å². The quantitative estimate of drug-likeness (QED) is 0.169. The second-order valence-corrected chi connectivity index (χ2v) is 18.1. The van der Waals surface area contributed by atoms with Gasteiger partial charge in [0.2, 0.25) is 5.79 Å². The molecule has 0 unspecified atom stereocenters. The molecule has 5 aliphatic rings. The molecule has 4 fully saturated rings. The maximum absolute atomic E-state index is 14.5. The van der Waals surface area contributed by atoms with Gasteiger partial charge < -0.3 is 43.7 Å². The Hall–Kier alpha value is -1.44. The van der Waals surface area contributed by atoms with E-state index in [0.717, 1.165) is 12.8 Å². The summed E-state index contributed by atoms with van der Waals surface area (Å²) in [6.07, 6.45) is 7.04. The lowest BCUT2D eigenvalue weighted by molar-refractivity contribution is -0.418. The molecule has 5 aliphatic heterocycles. The summed E-state index contributed by atoms with van der Waals surface area (Å²) < 4.78 is 40.1. The van der Waals surface area contributed by atoms with Gasteiger partial charge in [-0.25, -0.2) is 0 Å². The highest BCUT2D eigenvalue weighted by Crippen LogP contribution is 2.54. The molecule has 0 bridgehead atoms. The van der Waals surface area contributed by atoms with Crippen LogP contribution in [0.5, 0.6) is 0 Å². The van der Waals surface area contributed by atoms with Crippen LogP contribution in [0.15, 0.2) is 12.2 Å². The van der Waals surface area contributed by atoms with Crippen LogP contribution >= 0.6 is 0 Å². The van der Waals surface area contributed by atoms with Gasteiger partial charge in [0.15, 0.2) is 5.79 Å². The number of carbonyl (C=O) groups is 2. The average Bonchev–Trinajstić information content (AvgIpc) is 3.47. The lowest BCUT2D eigenvalue weighted by Gasteiger charge is -2.56. The minimum Gasteiger partial charge on any atom is -0.481 e. The van der Waals surface area contributed by atoms with Crippen molar-refractivity contribution in [2.24, 2.45) is 41.4 Å². The molecule has 5 rings (SSSR count). The van der Waals surface area contributed by atoms with Crippen LogP contribution in [0.2, 0.25) is 0 Å². The van der Waals surface area contributed by atoms with Crippen molar-refractivity contribution in [3.05, 3.63) is 12.2 Å². The lowest BCUT2D eigenvalue weighted by Crippen LogP contribution is -2.65. The topological polar surface area (TPSA) is 150 Å². The second kappa shape index (κ2) is 16.8. The minimum atomic E-state index is -1.22. The highest BCUT2D eigenvalue weighted by atomic mass is 16.8. The molecule has 3 N–H and O–H groups in total. The fourth-order valence-electron chi connectivity index (χ4n) is 10.8. The van der Waals surface area contributed by atoms with Crippen LogP contribution in [0.1, 0.15) is 133 Å². The molecule has 0 amide bonds. The van der Waals surface area contributed by atoms with Crippen molar-refractivity contribution in [2.45, 2.75) is 199 Å². The highest BCUT2D eigenvalue weighted by molar-refractivity contribution is 5.84. The van der Waals surface area contributed by atoms with E-state index in [-0.39, 0.29) is 47.8 Å².